The van der Waals surface area contributed by atoms with Gasteiger partial charge in [-0.05, 0) is 0 Å². The molecule has 35 heavy (non-hydrogen) atoms. The molecule has 2 unspecified atom stereocenters. The molecule has 0 bridgehead atoms. The van der Waals surface area contributed by atoms with E-state index >= 15 is 0 Å². The zero-order valence-electron chi connectivity index (χ0n) is 20.9. The molecule has 2 aromatic carbocycles. The number of halogens is 2. The first-order valence-electron chi connectivity index (χ1n) is 13.4. The van der Waals surface area contributed by atoms with Gasteiger partial charge in [0.15, 0.2) is 0 Å². The predicted octanol–water partition coefficient (Wildman–Crippen LogP) is 3.48. The van der Waals surface area contributed by atoms with Crippen LogP contribution in [0.2, 0.25) is 0 Å². The molecule has 4 aliphatic rings. The Bertz CT molecular complexity index is 1050. The van der Waals surface area contributed by atoms with Gasteiger partial charge in [0.2, 0.25) is 0 Å². The van der Waals surface area contributed by atoms with E-state index in [0.717, 1.165) is 18.7 Å². The summed E-state index contributed by atoms with van der Waals surface area (Å²) in [6.07, 6.45) is 20.2. The quantitative estimate of drug-likeness (QED) is 0.334. The molecule has 0 nitrogen and oxygen atoms in total. The molecular weight excluding hydrogens is 653 g/mol. The van der Waals surface area contributed by atoms with Crippen molar-refractivity contribution in [3.63, 3.8) is 0 Å². The summed E-state index contributed by atoms with van der Waals surface area (Å²) >= 11 is -1.04. The number of hydrogen-bond acceptors (Lipinski definition) is 0. The van der Waals surface area contributed by atoms with E-state index in [4.69, 9.17) is 0 Å². The summed E-state index contributed by atoms with van der Waals surface area (Å²) in [5.41, 5.74) is 10.1. The molecule has 4 heteroatoms. The van der Waals surface area contributed by atoms with Crippen molar-refractivity contribution >= 4 is 20.1 Å². The van der Waals surface area contributed by atoms with E-state index < -0.39 is 22.9 Å². The van der Waals surface area contributed by atoms with Gasteiger partial charge in [-0.15, -0.1) is 0 Å². The summed E-state index contributed by atoms with van der Waals surface area (Å²) in [6, 6.07) is 18.8. The van der Waals surface area contributed by atoms with Gasteiger partial charge in [0, 0.05) is 0 Å². The maximum absolute atomic E-state index is 2.75. The molecule has 2 aromatic rings. The van der Waals surface area contributed by atoms with E-state index in [1.807, 2.05) is 5.31 Å². The Morgan fingerprint density at radius 3 is 1.69 bits per heavy atom. The molecule has 2 fully saturated rings. The van der Waals surface area contributed by atoms with Crippen LogP contribution in [0.3, 0.4) is 0 Å². The Morgan fingerprint density at radius 1 is 0.629 bits per heavy atom. The van der Waals surface area contributed by atoms with Crippen molar-refractivity contribution in [1.82, 2.24) is 0 Å². The molecule has 0 saturated heterocycles. The van der Waals surface area contributed by atoms with Gasteiger partial charge in [-0.1, -0.05) is 0 Å². The zero-order chi connectivity index (χ0) is 22.2. The average molecular weight is 690 g/mol. The van der Waals surface area contributed by atoms with Crippen molar-refractivity contribution in [1.29, 1.82) is 0 Å². The summed E-state index contributed by atoms with van der Waals surface area (Å²) in [4.78, 5) is 0. The number of allylic oxidation sites excluding steroid dienone is 2. The normalized spacial score (nSPS) is 23.9. The SMILES string of the molecule is CC1=Cc2ccccc2[CH]1[Hf+2][CH]1C(P(C2CCCCC2)C2CCCCC2)=Cc2ccccc21.[Cl-].[Cl-]. The van der Waals surface area contributed by atoms with Gasteiger partial charge >= 0.3 is 214 Å². The van der Waals surface area contributed by atoms with Gasteiger partial charge in [-0.25, -0.2) is 0 Å². The van der Waals surface area contributed by atoms with E-state index in [0.29, 0.717) is 0 Å². The van der Waals surface area contributed by atoms with Crippen molar-refractivity contribution in [2.75, 3.05) is 0 Å². The van der Waals surface area contributed by atoms with Crippen LogP contribution in [0.25, 0.3) is 12.2 Å². The first kappa shape index (κ1) is 27.8. The molecule has 4 aliphatic carbocycles. The van der Waals surface area contributed by atoms with E-state index in [2.05, 4.69) is 67.6 Å². The molecule has 0 radical (unpaired) electrons. The van der Waals surface area contributed by atoms with Gasteiger partial charge < -0.3 is 24.8 Å². The molecule has 2 atom stereocenters. The third-order valence-corrected chi connectivity index (χ3v) is 20.5. The predicted molar refractivity (Wildman–Crippen MR) is 141 cm³/mol. The number of benzene rings is 2. The average Bonchev–Trinajstić information content (AvgIpc) is 3.38. The maximum Gasteiger partial charge on any atom is -1.00 e. The topological polar surface area (TPSA) is 0 Å². The standard InChI is InChI=1S/C21H28P.C10H9.2ClH.Hf/c1-3-11-19(12-4-1)22(20-13-5-2-6-14-20)21-15-17-9-7-8-10-18(17)16-21;1-8-6-9-4-2-3-5-10(9)7-8;;;/h7-10,15-16,19-20H,1-6,11-14H2;2-7H,1H3;2*1H;/q;;;;+2/p-2. The molecule has 0 aromatic heterocycles. The largest absolute Gasteiger partial charge is 1.00 e. The third kappa shape index (κ3) is 5.65. The Hall–Kier alpha value is -0.200. The fourth-order valence-corrected chi connectivity index (χ4v) is 19.8. The third-order valence-electron chi connectivity index (χ3n) is 8.62. The summed E-state index contributed by atoms with van der Waals surface area (Å²) in [5.74, 6) is 0. The van der Waals surface area contributed by atoms with E-state index in [1.54, 1.807) is 22.3 Å². The first-order chi connectivity index (χ1) is 16.3. The Kier molecular flexibility index (Phi) is 9.99. The minimum Gasteiger partial charge on any atom is -1.00 e. The second-order valence-electron chi connectivity index (χ2n) is 10.7. The number of rotatable bonds is 5. The zero-order valence-corrected chi connectivity index (χ0v) is 26.9. The van der Waals surface area contributed by atoms with Crippen LogP contribution < -0.4 is 24.8 Å². The minimum absolute atomic E-state index is 0. The van der Waals surface area contributed by atoms with Gasteiger partial charge in [0.25, 0.3) is 0 Å². The van der Waals surface area contributed by atoms with Crippen LogP contribution in [0.4, 0.5) is 0 Å². The van der Waals surface area contributed by atoms with Crippen LogP contribution in [0, 0.1) is 0 Å². The maximum atomic E-state index is 2.75. The van der Waals surface area contributed by atoms with Crippen molar-refractivity contribution in [2.45, 2.75) is 89.8 Å². The first-order valence-corrected chi connectivity index (χ1v) is 19.0. The molecule has 0 N–H and O–H groups in total. The molecule has 0 amide bonds. The van der Waals surface area contributed by atoms with Crippen LogP contribution in [0.15, 0.2) is 59.4 Å². The van der Waals surface area contributed by atoms with Crippen molar-refractivity contribution in [2.24, 2.45) is 0 Å². The number of fused-ring (bicyclic) bond motifs is 2. The van der Waals surface area contributed by atoms with Gasteiger partial charge in [0.05, 0.1) is 0 Å². The monoisotopic (exact) mass is 690 g/mol. The van der Waals surface area contributed by atoms with Crippen LogP contribution in [-0.2, 0) is 22.9 Å². The van der Waals surface area contributed by atoms with Crippen LogP contribution >= 0.6 is 7.92 Å². The summed E-state index contributed by atoms with van der Waals surface area (Å²) < 4.78 is 1.59. The van der Waals surface area contributed by atoms with Crippen LogP contribution in [0.5, 0.6) is 0 Å². The molecule has 2 saturated carbocycles. The van der Waals surface area contributed by atoms with Gasteiger partial charge in [0.1, 0.15) is 0 Å². The molecule has 6 rings (SSSR count). The summed E-state index contributed by atoms with van der Waals surface area (Å²) in [5, 5.41) is 1.98. The van der Waals surface area contributed by atoms with E-state index in [-0.39, 0.29) is 32.7 Å². The fourth-order valence-electron chi connectivity index (χ4n) is 7.01. The molecule has 184 valence electrons. The smallest absolute Gasteiger partial charge is 1.00 e. The van der Waals surface area contributed by atoms with E-state index in [9.17, 15) is 0 Å². The van der Waals surface area contributed by atoms with Gasteiger partial charge in [-0.2, -0.15) is 0 Å². The van der Waals surface area contributed by atoms with Crippen LogP contribution in [0.1, 0.15) is 101 Å². The second-order valence-corrected chi connectivity index (χ2v) is 18.9. The summed E-state index contributed by atoms with van der Waals surface area (Å²) in [6.45, 7) is 2.42. The van der Waals surface area contributed by atoms with Crippen molar-refractivity contribution < 1.29 is 47.7 Å². The fraction of sp³-hybridized carbons (Fsp3) is 0.484. The molecule has 0 aliphatic heterocycles. The molecule has 0 spiro atoms. The van der Waals surface area contributed by atoms with Crippen LogP contribution in [-0.4, -0.2) is 11.3 Å². The molecule has 0 heterocycles. The van der Waals surface area contributed by atoms with Crippen molar-refractivity contribution in [3.8, 4) is 0 Å². The molecular formula is C31H37Cl2HfP. The second kappa shape index (κ2) is 12.6. The summed E-state index contributed by atoms with van der Waals surface area (Å²) in [7, 11) is 0.00471. The Labute approximate surface area is 237 Å². The van der Waals surface area contributed by atoms with Gasteiger partial charge in [-0.3, -0.25) is 0 Å². The van der Waals surface area contributed by atoms with E-state index in [1.165, 1.54) is 69.8 Å². The Balaban J connectivity index is 0.00000144. The van der Waals surface area contributed by atoms with Crippen molar-refractivity contribution in [3.05, 3.63) is 81.7 Å². The minimum atomic E-state index is -1.04. The number of hydrogen-bond donors (Lipinski definition) is 0. The Morgan fingerprint density at radius 2 is 1.11 bits per heavy atom.